The number of rotatable bonds is 6. The molecule has 0 bridgehead atoms. The molecule has 3 aromatic rings. The molecule has 0 spiro atoms. The second-order valence-electron chi connectivity index (χ2n) is 5.81. The third-order valence-electron chi connectivity index (χ3n) is 3.97. The highest BCUT2D eigenvalue weighted by atomic mass is 32.1. The molecule has 0 aromatic carbocycles. The molecule has 0 unspecified atom stereocenters. The summed E-state index contributed by atoms with van der Waals surface area (Å²) >= 11 is 1.42. The zero-order valence-electron chi connectivity index (χ0n) is 14.6. The molecule has 0 aliphatic heterocycles. The third-order valence-corrected chi connectivity index (χ3v) is 4.73. The van der Waals surface area contributed by atoms with Gasteiger partial charge in [-0.2, -0.15) is 0 Å². The Hall–Kier alpha value is -2.60. The first-order valence-corrected chi connectivity index (χ1v) is 9.11. The lowest BCUT2D eigenvalue weighted by Crippen LogP contribution is -2.07. The van der Waals surface area contributed by atoms with Gasteiger partial charge in [0.15, 0.2) is 5.13 Å². The fourth-order valence-electron chi connectivity index (χ4n) is 2.77. The Morgan fingerprint density at radius 3 is 3.00 bits per heavy atom. The lowest BCUT2D eigenvalue weighted by atomic mass is 10.2. The van der Waals surface area contributed by atoms with Crippen LogP contribution in [0.15, 0.2) is 40.3 Å². The van der Waals surface area contributed by atoms with E-state index in [0.717, 1.165) is 24.2 Å². The molecule has 3 heterocycles. The van der Waals surface area contributed by atoms with Gasteiger partial charge in [0.2, 0.25) is 5.91 Å². The van der Waals surface area contributed by atoms with E-state index < -0.39 is 0 Å². The van der Waals surface area contributed by atoms with E-state index in [1.54, 1.807) is 24.5 Å². The molecule has 0 aliphatic rings. The summed E-state index contributed by atoms with van der Waals surface area (Å²) in [5, 5.41) is 5.36. The fraction of sp³-hybridized carbons (Fsp3) is 0.263. The summed E-state index contributed by atoms with van der Waals surface area (Å²) in [4.78, 5) is 16.5. The van der Waals surface area contributed by atoms with E-state index in [2.05, 4.69) is 41.7 Å². The highest BCUT2D eigenvalue weighted by Crippen LogP contribution is 2.30. The highest BCUT2D eigenvalue weighted by Gasteiger charge is 2.13. The summed E-state index contributed by atoms with van der Waals surface area (Å²) in [6.45, 7) is 7.40. The molecule has 1 N–H and O–H groups in total. The number of hydrogen-bond donors (Lipinski definition) is 1. The number of hydrogen-bond acceptors (Lipinski definition) is 4. The number of carbonyl (C=O) groups excluding carboxylic acids is 1. The Labute approximate surface area is 151 Å². The van der Waals surface area contributed by atoms with Gasteiger partial charge in [-0.15, -0.1) is 11.3 Å². The van der Waals surface area contributed by atoms with Crippen LogP contribution >= 0.6 is 11.3 Å². The number of furan rings is 1. The normalized spacial score (nSPS) is 11.3. The van der Waals surface area contributed by atoms with Gasteiger partial charge in [0.1, 0.15) is 5.76 Å². The largest absolute Gasteiger partial charge is 0.465 e. The van der Waals surface area contributed by atoms with Crippen molar-refractivity contribution in [2.45, 2.75) is 33.7 Å². The predicted molar refractivity (Wildman–Crippen MR) is 102 cm³/mol. The molecule has 25 heavy (non-hydrogen) atoms. The SMILES string of the molecule is CCCn1c(C)cc(-c2csc(NC(=O)/C=C/c3ccco3)n2)c1C. The molecule has 0 radical (unpaired) electrons. The maximum atomic E-state index is 12.0. The van der Waals surface area contributed by atoms with Gasteiger partial charge in [0.05, 0.1) is 12.0 Å². The summed E-state index contributed by atoms with van der Waals surface area (Å²) < 4.78 is 7.47. The van der Waals surface area contributed by atoms with Crippen LogP contribution in [0.1, 0.15) is 30.5 Å². The minimum Gasteiger partial charge on any atom is -0.465 e. The van der Waals surface area contributed by atoms with Gasteiger partial charge >= 0.3 is 0 Å². The van der Waals surface area contributed by atoms with Gasteiger partial charge in [-0.05, 0) is 44.5 Å². The van der Waals surface area contributed by atoms with Crippen LogP contribution in [-0.4, -0.2) is 15.5 Å². The zero-order chi connectivity index (χ0) is 17.8. The van der Waals surface area contributed by atoms with Gasteiger partial charge in [-0.3, -0.25) is 10.1 Å². The Bertz CT molecular complexity index is 888. The van der Waals surface area contributed by atoms with Gasteiger partial charge in [0, 0.05) is 35.0 Å². The van der Waals surface area contributed by atoms with Crippen molar-refractivity contribution in [3.8, 4) is 11.3 Å². The Balaban J connectivity index is 1.72. The van der Waals surface area contributed by atoms with Crippen LogP contribution in [0.2, 0.25) is 0 Å². The van der Waals surface area contributed by atoms with Gasteiger partial charge < -0.3 is 8.98 Å². The quantitative estimate of drug-likeness (QED) is 0.641. The second-order valence-corrected chi connectivity index (χ2v) is 6.67. The van der Waals surface area contributed by atoms with Crippen LogP contribution in [-0.2, 0) is 11.3 Å². The lowest BCUT2D eigenvalue weighted by Gasteiger charge is -2.07. The van der Waals surface area contributed by atoms with Crippen molar-refractivity contribution in [3.63, 3.8) is 0 Å². The maximum absolute atomic E-state index is 12.0. The Morgan fingerprint density at radius 1 is 1.44 bits per heavy atom. The van der Waals surface area contributed by atoms with E-state index in [1.807, 2.05) is 5.38 Å². The van der Waals surface area contributed by atoms with Crippen molar-refractivity contribution in [1.82, 2.24) is 9.55 Å². The van der Waals surface area contributed by atoms with E-state index in [-0.39, 0.29) is 5.91 Å². The zero-order valence-corrected chi connectivity index (χ0v) is 15.4. The molecule has 0 fully saturated rings. The smallest absolute Gasteiger partial charge is 0.250 e. The van der Waals surface area contributed by atoms with Crippen molar-refractivity contribution in [2.24, 2.45) is 0 Å². The van der Waals surface area contributed by atoms with Crippen LogP contribution in [0, 0.1) is 13.8 Å². The standard InChI is InChI=1S/C19H21N3O2S/c1-4-9-22-13(2)11-16(14(22)3)17-12-25-19(20-17)21-18(23)8-7-15-6-5-10-24-15/h5-8,10-12H,4,9H2,1-3H3,(H,20,21,23)/b8-7+. The Kier molecular flexibility index (Phi) is 5.19. The van der Waals surface area contributed by atoms with E-state index in [4.69, 9.17) is 4.42 Å². The van der Waals surface area contributed by atoms with E-state index >= 15 is 0 Å². The molecule has 0 saturated heterocycles. The Morgan fingerprint density at radius 2 is 2.28 bits per heavy atom. The molecule has 130 valence electrons. The van der Waals surface area contributed by atoms with Crippen LogP contribution < -0.4 is 5.32 Å². The molecular weight excluding hydrogens is 334 g/mol. The summed E-state index contributed by atoms with van der Waals surface area (Å²) in [5.74, 6) is 0.409. The summed E-state index contributed by atoms with van der Waals surface area (Å²) in [6, 6.07) is 5.72. The van der Waals surface area contributed by atoms with Gasteiger partial charge in [-0.25, -0.2) is 4.98 Å². The van der Waals surface area contributed by atoms with E-state index in [0.29, 0.717) is 10.9 Å². The summed E-state index contributed by atoms with van der Waals surface area (Å²) in [6.07, 6.45) is 5.73. The first-order chi connectivity index (χ1) is 12.1. The molecule has 5 nitrogen and oxygen atoms in total. The van der Waals surface area contributed by atoms with Crippen molar-refractivity contribution < 1.29 is 9.21 Å². The molecule has 3 aromatic heterocycles. The van der Waals surface area contributed by atoms with Gasteiger partial charge in [-0.1, -0.05) is 6.92 Å². The number of aryl methyl sites for hydroxylation is 1. The highest BCUT2D eigenvalue weighted by molar-refractivity contribution is 7.14. The molecule has 0 aliphatic carbocycles. The number of amides is 1. The average Bonchev–Trinajstić information content (AvgIpc) is 3.31. The number of anilines is 1. The van der Waals surface area contributed by atoms with Crippen LogP contribution in [0.25, 0.3) is 17.3 Å². The molecule has 0 atom stereocenters. The predicted octanol–water partition coefficient (Wildman–Crippen LogP) is 4.88. The average molecular weight is 355 g/mol. The van der Waals surface area contributed by atoms with E-state index in [9.17, 15) is 4.79 Å². The molecular formula is C19H21N3O2S. The molecule has 1 amide bonds. The number of thiazole rings is 1. The van der Waals surface area contributed by atoms with Crippen molar-refractivity contribution in [1.29, 1.82) is 0 Å². The summed E-state index contributed by atoms with van der Waals surface area (Å²) in [5.41, 5.74) is 4.45. The van der Waals surface area contributed by atoms with Crippen molar-refractivity contribution >= 4 is 28.5 Å². The van der Waals surface area contributed by atoms with Crippen LogP contribution in [0.3, 0.4) is 0 Å². The van der Waals surface area contributed by atoms with Crippen molar-refractivity contribution in [3.05, 3.63) is 53.1 Å². The first-order valence-electron chi connectivity index (χ1n) is 8.23. The van der Waals surface area contributed by atoms with E-state index in [1.165, 1.54) is 28.8 Å². The fourth-order valence-corrected chi connectivity index (χ4v) is 3.49. The minimum absolute atomic E-state index is 0.228. The topological polar surface area (TPSA) is 60.1 Å². The minimum atomic E-state index is -0.228. The van der Waals surface area contributed by atoms with Crippen LogP contribution in [0.4, 0.5) is 5.13 Å². The molecule has 0 saturated carbocycles. The van der Waals surface area contributed by atoms with Crippen LogP contribution in [0.5, 0.6) is 0 Å². The lowest BCUT2D eigenvalue weighted by molar-refractivity contribution is -0.111. The monoisotopic (exact) mass is 355 g/mol. The number of aromatic nitrogens is 2. The first kappa shape index (κ1) is 17.2. The maximum Gasteiger partial charge on any atom is 0.250 e. The molecule has 3 rings (SSSR count). The molecule has 6 heteroatoms. The van der Waals surface area contributed by atoms with Gasteiger partial charge in [0.25, 0.3) is 0 Å². The number of nitrogens with zero attached hydrogens (tertiary/aromatic N) is 2. The number of nitrogens with one attached hydrogen (secondary N) is 1. The van der Waals surface area contributed by atoms with Crippen molar-refractivity contribution in [2.75, 3.05) is 5.32 Å². The second kappa shape index (κ2) is 7.53. The number of carbonyl (C=O) groups is 1. The summed E-state index contributed by atoms with van der Waals surface area (Å²) in [7, 11) is 0. The third kappa shape index (κ3) is 3.91.